The van der Waals surface area contributed by atoms with Crippen LogP contribution in [-0.2, 0) is 0 Å². The van der Waals surface area contributed by atoms with Crippen molar-refractivity contribution in [2.24, 2.45) is 0 Å². The molecule has 0 saturated carbocycles. The van der Waals surface area contributed by atoms with Crippen LogP contribution >= 0.6 is 11.3 Å². The molecule has 0 amide bonds. The molecule has 0 aliphatic heterocycles. The van der Waals surface area contributed by atoms with Gasteiger partial charge in [0.1, 0.15) is 5.75 Å². The minimum absolute atomic E-state index is 0.166. The second-order valence-electron chi connectivity index (χ2n) is 6.87. The molecular formula is C23H21N3O3S. The first kappa shape index (κ1) is 20.0. The first-order chi connectivity index (χ1) is 14.7. The van der Waals surface area contributed by atoms with Crippen molar-refractivity contribution in [2.45, 2.75) is 26.2 Å². The minimum Gasteiger partial charge on any atom is -0.494 e. The number of fused-ring (bicyclic) bond motifs is 1. The summed E-state index contributed by atoms with van der Waals surface area (Å²) in [5.74, 6) is 0.808. The molecule has 0 unspecified atom stereocenters. The standard InChI is InChI=1S/C23H21N3O3S/c1-2-3-7-14-29-18-12-10-16(11-13-18)15-19-22(28)26-23(30-19)24-21(27)20(25-26)17-8-5-4-6-9-17/h4-6,8-13,15H,2-3,7,14H2,1H3. The van der Waals surface area contributed by atoms with Gasteiger partial charge in [0.05, 0.1) is 11.1 Å². The molecule has 4 rings (SSSR count). The second kappa shape index (κ2) is 9.00. The maximum absolute atomic E-state index is 12.8. The third-order valence-electron chi connectivity index (χ3n) is 4.63. The van der Waals surface area contributed by atoms with Crippen LogP contribution in [-0.4, -0.2) is 21.2 Å². The molecule has 0 aliphatic carbocycles. The highest BCUT2D eigenvalue weighted by molar-refractivity contribution is 7.15. The quantitative estimate of drug-likeness (QED) is 0.430. The van der Waals surface area contributed by atoms with Gasteiger partial charge >= 0.3 is 5.56 Å². The number of hydrogen-bond acceptors (Lipinski definition) is 6. The van der Waals surface area contributed by atoms with Gasteiger partial charge in [-0.2, -0.15) is 14.6 Å². The molecule has 7 heteroatoms. The van der Waals surface area contributed by atoms with Crippen molar-refractivity contribution in [3.63, 3.8) is 0 Å². The van der Waals surface area contributed by atoms with E-state index in [9.17, 15) is 9.59 Å². The van der Waals surface area contributed by atoms with Crippen LogP contribution in [0.15, 0.2) is 64.2 Å². The maximum atomic E-state index is 12.8. The SMILES string of the molecule is CCCCCOc1ccc(C=c2sc3nc(=O)c(-c4ccccc4)nn3c2=O)cc1. The predicted octanol–water partition coefficient (Wildman–Crippen LogP) is 3.29. The number of aromatic nitrogens is 3. The third-order valence-corrected chi connectivity index (χ3v) is 5.59. The molecule has 4 aromatic rings. The van der Waals surface area contributed by atoms with Crippen molar-refractivity contribution < 1.29 is 4.74 Å². The largest absolute Gasteiger partial charge is 0.494 e. The van der Waals surface area contributed by atoms with Crippen LogP contribution in [0.1, 0.15) is 31.7 Å². The Labute approximate surface area is 177 Å². The summed E-state index contributed by atoms with van der Waals surface area (Å²) in [7, 11) is 0. The molecule has 152 valence electrons. The Kier molecular flexibility index (Phi) is 5.99. The Morgan fingerprint density at radius 2 is 1.80 bits per heavy atom. The van der Waals surface area contributed by atoms with Crippen LogP contribution in [0, 0.1) is 0 Å². The summed E-state index contributed by atoms with van der Waals surface area (Å²) in [5, 5.41) is 4.27. The Balaban J connectivity index is 1.65. The van der Waals surface area contributed by atoms with Crippen LogP contribution in [0.4, 0.5) is 0 Å². The van der Waals surface area contributed by atoms with E-state index in [0.29, 0.717) is 16.7 Å². The Bertz CT molecular complexity index is 1310. The molecule has 0 N–H and O–H groups in total. The van der Waals surface area contributed by atoms with Crippen molar-refractivity contribution in [1.82, 2.24) is 14.6 Å². The summed E-state index contributed by atoms with van der Waals surface area (Å²) in [6.07, 6.45) is 5.12. The minimum atomic E-state index is -0.446. The Morgan fingerprint density at radius 3 is 2.53 bits per heavy atom. The first-order valence-electron chi connectivity index (χ1n) is 9.89. The molecule has 2 aromatic carbocycles. The van der Waals surface area contributed by atoms with Gasteiger partial charge < -0.3 is 4.74 Å². The van der Waals surface area contributed by atoms with Gasteiger partial charge in [0.25, 0.3) is 5.56 Å². The lowest BCUT2D eigenvalue weighted by Crippen LogP contribution is -2.26. The normalized spacial score (nSPS) is 11.8. The molecule has 0 spiro atoms. The lowest BCUT2D eigenvalue weighted by Gasteiger charge is -2.05. The van der Waals surface area contributed by atoms with Gasteiger partial charge in [-0.3, -0.25) is 9.59 Å². The van der Waals surface area contributed by atoms with Crippen LogP contribution in [0.3, 0.4) is 0 Å². The van der Waals surface area contributed by atoms with E-state index in [2.05, 4.69) is 17.0 Å². The number of nitrogens with zero attached hydrogens (tertiary/aromatic N) is 3. The summed E-state index contributed by atoms with van der Waals surface area (Å²) in [6, 6.07) is 16.6. The summed E-state index contributed by atoms with van der Waals surface area (Å²) >= 11 is 1.15. The summed E-state index contributed by atoms with van der Waals surface area (Å²) in [6.45, 7) is 2.86. The van der Waals surface area contributed by atoms with Crippen molar-refractivity contribution in [1.29, 1.82) is 0 Å². The lowest BCUT2D eigenvalue weighted by molar-refractivity contribution is 0.306. The smallest absolute Gasteiger partial charge is 0.300 e. The zero-order valence-electron chi connectivity index (χ0n) is 16.6. The van der Waals surface area contributed by atoms with E-state index in [1.54, 1.807) is 18.2 Å². The fourth-order valence-electron chi connectivity index (χ4n) is 3.04. The van der Waals surface area contributed by atoms with E-state index >= 15 is 0 Å². The van der Waals surface area contributed by atoms with E-state index in [1.165, 1.54) is 4.52 Å². The van der Waals surface area contributed by atoms with E-state index < -0.39 is 5.56 Å². The molecule has 2 heterocycles. The zero-order valence-corrected chi connectivity index (χ0v) is 17.4. The van der Waals surface area contributed by atoms with E-state index in [0.717, 1.165) is 41.9 Å². The van der Waals surface area contributed by atoms with Crippen LogP contribution in [0.5, 0.6) is 5.75 Å². The molecular weight excluding hydrogens is 398 g/mol. The predicted molar refractivity (Wildman–Crippen MR) is 119 cm³/mol. The Morgan fingerprint density at radius 1 is 1.03 bits per heavy atom. The number of thiazole rings is 1. The molecule has 2 aromatic heterocycles. The highest BCUT2D eigenvalue weighted by atomic mass is 32.1. The number of hydrogen-bond donors (Lipinski definition) is 0. The second-order valence-corrected chi connectivity index (χ2v) is 7.88. The average molecular weight is 420 g/mol. The summed E-state index contributed by atoms with van der Waals surface area (Å²) < 4.78 is 7.39. The van der Waals surface area contributed by atoms with Crippen molar-refractivity contribution in [3.05, 3.63) is 85.4 Å². The van der Waals surface area contributed by atoms with Crippen molar-refractivity contribution >= 4 is 22.4 Å². The van der Waals surface area contributed by atoms with Gasteiger partial charge in [0, 0.05) is 5.56 Å². The molecule has 0 saturated heterocycles. The van der Waals surface area contributed by atoms with Gasteiger partial charge in [-0.05, 0) is 30.2 Å². The zero-order chi connectivity index (χ0) is 20.9. The molecule has 0 bridgehead atoms. The average Bonchev–Trinajstić information content (AvgIpc) is 3.06. The molecule has 0 fully saturated rings. The summed E-state index contributed by atoms with van der Waals surface area (Å²) in [5.41, 5.74) is 0.929. The summed E-state index contributed by atoms with van der Waals surface area (Å²) in [4.78, 5) is 29.5. The van der Waals surface area contributed by atoms with E-state index in [1.807, 2.05) is 42.5 Å². The Hall–Kier alpha value is -3.32. The fourth-order valence-corrected chi connectivity index (χ4v) is 3.94. The van der Waals surface area contributed by atoms with Gasteiger partial charge in [-0.1, -0.05) is 73.6 Å². The first-order valence-corrected chi connectivity index (χ1v) is 10.7. The molecule has 0 radical (unpaired) electrons. The number of rotatable bonds is 7. The van der Waals surface area contributed by atoms with Crippen LogP contribution in [0.25, 0.3) is 22.3 Å². The monoisotopic (exact) mass is 419 g/mol. The van der Waals surface area contributed by atoms with Crippen LogP contribution < -0.4 is 20.4 Å². The van der Waals surface area contributed by atoms with Gasteiger partial charge in [0.15, 0.2) is 5.69 Å². The molecule has 30 heavy (non-hydrogen) atoms. The highest BCUT2D eigenvalue weighted by Crippen LogP contribution is 2.14. The van der Waals surface area contributed by atoms with Crippen molar-refractivity contribution in [3.8, 4) is 17.0 Å². The molecule has 0 atom stereocenters. The maximum Gasteiger partial charge on any atom is 0.300 e. The number of unbranched alkanes of at least 4 members (excludes halogenated alkanes) is 2. The molecule has 6 nitrogen and oxygen atoms in total. The fraction of sp³-hybridized carbons (Fsp3) is 0.217. The number of ether oxygens (including phenoxy) is 1. The lowest BCUT2D eigenvalue weighted by atomic mass is 10.2. The van der Waals surface area contributed by atoms with Gasteiger partial charge in [0.2, 0.25) is 4.96 Å². The highest BCUT2D eigenvalue weighted by Gasteiger charge is 2.12. The van der Waals surface area contributed by atoms with Gasteiger partial charge in [-0.15, -0.1) is 0 Å². The van der Waals surface area contributed by atoms with E-state index in [-0.39, 0.29) is 16.2 Å². The van der Waals surface area contributed by atoms with Crippen molar-refractivity contribution in [2.75, 3.05) is 6.61 Å². The molecule has 0 aliphatic rings. The van der Waals surface area contributed by atoms with E-state index in [4.69, 9.17) is 4.74 Å². The van der Waals surface area contributed by atoms with Gasteiger partial charge in [-0.25, -0.2) is 0 Å². The third kappa shape index (κ3) is 4.31. The number of benzene rings is 2. The van der Waals surface area contributed by atoms with Crippen LogP contribution in [0.2, 0.25) is 0 Å². The topological polar surface area (TPSA) is 73.6 Å².